The Kier molecular flexibility index (Phi) is 4.63. The van der Waals surface area contributed by atoms with Gasteiger partial charge >= 0.3 is 6.18 Å². The maximum atomic E-state index is 12.7. The molecule has 25 heavy (non-hydrogen) atoms. The van der Waals surface area contributed by atoms with Crippen molar-refractivity contribution in [2.24, 2.45) is 7.05 Å². The number of halogens is 3. The second-order valence-corrected chi connectivity index (χ2v) is 7.32. The van der Waals surface area contributed by atoms with Crippen LogP contribution in [0.3, 0.4) is 0 Å². The molecule has 0 radical (unpaired) electrons. The second-order valence-electron chi connectivity index (χ2n) is 5.70. The van der Waals surface area contributed by atoms with Crippen LogP contribution in [0.5, 0.6) is 0 Å². The van der Waals surface area contributed by atoms with Gasteiger partial charge in [0.05, 0.1) is 17.8 Å². The van der Waals surface area contributed by atoms with Crippen LogP contribution in [0.25, 0.3) is 0 Å². The predicted octanol–water partition coefficient (Wildman–Crippen LogP) is 1.78. The van der Waals surface area contributed by atoms with E-state index in [4.69, 9.17) is 0 Å². The monoisotopic (exact) mass is 372 g/mol. The summed E-state index contributed by atoms with van der Waals surface area (Å²) in [4.78, 5) is 17.6. The third-order valence-electron chi connectivity index (χ3n) is 3.95. The molecule has 2 unspecified atom stereocenters. The number of carbonyl (C=O) groups is 1. The normalized spacial score (nSPS) is 21.4. The van der Waals surface area contributed by atoms with Crippen molar-refractivity contribution >= 4 is 16.7 Å². The van der Waals surface area contributed by atoms with Crippen LogP contribution in [0.1, 0.15) is 27.7 Å². The topological polar surface area (TPSA) is 68.1 Å². The Balaban J connectivity index is 1.87. The number of aromatic nitrogens is 3. The van der Waals surface area contributed by atoms with E-state index in [9.17, 15) is 22.2 Å². The van der Waals surface area contributed by atoms with Gasteiger partial charge in [-0.05, 0) is 12.1 Å². The molecule has 1 aliphatic heterocycles. The summed E-state index contributed by atoms with van der Waals surface area (Å²) in [7, 11) is 0.665. The Morgan fingerprint density at radius 1 is 1.32 bits per heavy atom. The highest BCUT2D eigenvalue weighted by Gasteiger charge is 2.35. The van der Waals surface area contributed by atoms with E-state index in [0.29, 0.717) is 5.75 Å². The number of hydrogen-bond donors (Lipinski definition) is 0. The third-order valence-corrected chi connectivity index (χ3v) is 5.28. The van der Waals surface area contributed by atoms with Gasteiger partial charge in [0.15, 0.2) is 0 Å². The summed E-state index contributed by atoms with van der Waals surface area (Å²) in [6.07, 6.45) is -0.296. The fourth-order valence-corrected chi connectivity index (χ4v) is 3.98. The van der Waals surface area contributed by atoms with E-state index in [1.807, 2.05) is 0 Å². The van der Waals surface area contributed by atoms with Gasteiger partial charge in [-0.25, -0.2) is 0 Å². The number of pyridine rings is 1. The zero-order valence-corrected chi connectivity index (χ0v) is 14.0. The lowest BCUT2D eigenvalue weighted by Gasteiger charge is -2.34. The number of nitrogens with zero attached hydrogens (tertiary/aromatic N) is 4. The molecule has 0 N–H and O–H groups in total. The van der Waals surface area contributed by atoms with Gasteiger partial charge in [0, 0.05) is 53.9 Å². The summed E-state index contributed by atoms with van der Waals surface area (Å²) in [6, 6.07) is 1.47. The smallest absolute Gasteiger partial charge is 0.330 e. The molecule has 1 saturated heterocycles. The molecule has 0 aromatic carbocycles. The van der Waals surface area contributed by atoms with Crippen LogP contribution >= 0.6 is 0 Å². The molecule has 1 fully saturated rings. The van der Waals surface area contributed by atoms with E-state index in [1.54, 1.807) is 24.1 Å². The summed E-state index contributed by atoms with van der Waals surface area (Å²) in [5.74, 6) is 0.161. The van der Waals surface area contributed by atoms with Crippen molar-refractivity contribution in [3.8, 4) is 0 Å². The Bertz CT molecular complexity index is 804. The molecule has 0 spiro atoms. The van der Waals surface area contributed by atoms with Gasteiger partial charge in [-0.2, -0.15) is 18.3 Å². The van der Waals surface area contributed by atoms with E-state index in [-0.39, 0.29) is 17.9 Å². The van der Waals surface area contributed by atoms with Crippen molar-refractivity contribution in [1.82, 2.24) is 19.7 Å². The maximum Gasteiger partial charge on any atom is 0.433 e. The van der Waals surface area contributed by atoms with Crippen molar-refractivity contribution in [2.75, 3.05) is 18.1 Å². The molecular weight excluding hydrogens is 357 g/mol. The molecule has 0 saturated carbocycles. The zero-order valence-electron chi connectivity index (χ0n) is 13.2. The van der Waals surface area contributed by atoms with Crippen LogP contribution < -0.4 is 0 Å². The molecule has 10 heteroatoms. The van der Waals surface area contributed by atoms with E-state index < -0.39 is 34.6 Å². The first-order chi connectivity index (χ1) is 11.8. The first-order valence-corrected chi connectivity index (χ1v) is 8.92. The van der Waals surface area contributed by atoms with Crippen molar-refractivity contribution in [3.63, 3.8) is 0 Å². The van der Waals surface area contributed by atoms with E-state index >= 15 is 0 Å². The van der Waals surface area contributed by atoms with Gasteiger partial charge in [0.2, 0.25) is 0 Å². The lowest BCUT2D eigenvalue weighted by Crippen LogP contribution is -2.44. The van der Waals surface area contributed by atoms with Crippen molar-refractivity contribution in [2.45, 2.75) is 12.2 Å². The largest absolute Gasteiger partial charge is 0.433 e. The lowest BCUT2D eigenvalue weighted by atomic mass is 10.1. The van der Waals surface area contributed by atoms with Crippen LogP contribution in [-0.2, 0) is 24.0 Å². The fourth-order valence-electron chi connectivity index (χ4n) is 2.69. The standard InChI is InChI=1S/C15H15F3N4O2S/c1-21-8-11(7-20-21)12-9-25(24)5-4-22(12)14(23)10-2-3-13(19-6-10)15(16,17)18/h2-3,6-8,12H,4-5,9H2,1H3. The maximum absolute atomic E-state index is 12.7. The number of alkyl halides is 3. The molecule has 134 valence electrons. The minimum Gasteiger partial charge on any atom is -0.330 e. The number of hydrogen-bond acceptors (Lipinski definition) is 4. The molecule has 2 aromatic heterocycles. The highest BCUT2D eigenvalue weighted by Crippen LogP contribution is 2.29. The molecule has 6 nitrogen and oxygen atoms in total. The molecule has 3 rings (SSSR count). The number of rotatable bonds is 2. The summed E-state index contributed by atoms with van der Waals surface area (Å²) >= 11 is 0. The van der Waals surface area contributed by atoms with Crippen LogP contribution in [0, 0.1) is 0 Å². The van der Waals surface area contributed by atoms with Crippen LogP contribution in [0.4, 0.5) is 13.2 Å². The summed E-state index contributed by atoms with van der Waals surface area (Å²) in [5.41, 5.74) is -0.244. The van der Waals surface area contributed by atoms with Crippen molar-refractivity contribution < 1.29 is 22.2 Å². The first-order valence-electron chi connectivity index (χ1n) is 7.43. The molecule has 2 aromatic rings. The van der Waals surface area contributed by atoms with E-state index in [2.05, 4.69) is 10.1 Å². The molecule has 0 aliphatic carbocycles. The highest BCUT2D eigenvalue weighted by atomic mass is 32.2. The second kappa shape index (κ2) is 6.58. The van der Waals surface area contributed by atoms with Crippen LogP contribution in [-0.4, -0.2) is 47.8 Å². The third kappa shape index (κ3) is 3.73. The van der Waals surface area contributed by atoms with Crippen LogP contribution in [0.15, 0.2) is 30.7 Å². The Morgan fingerprint density at radius 2 is 2.08 bits per heavy atom. The van der Waals surface area contributed by atoms with Gasteiger partial charge < -0.3 is 4.90 Å². The minimum atomic E-state index is -4.55. The van der Waals surface area contributed by atoms with Gasteiger partial charge in [0.1, 0.15) is 5.69 Å². The molecular formula is C15H15F3N4O2S. The van der Waals surface area contributed by atoms with Gasteiger partial charge in [-0.15, -0.1) is 0 Å². The SMILES string of the molecule is Cn1cc(C2CS(=O)CCN2C(=O)c2ccc(C(F)(F)F)nc2)cn1. The minimum absolute atomic E-state index is 0.0644. The average molecular weight is 372 g/mol. The zero-order chi connectivity index (χ0) is 18.2. The first kappa shape index (κ1) is 17.6. The van der Waals surface area contributed by atoms with Gasteiger partial charge in [-0.1, -0.05) is 0 Å². The van der Waals surface area contributed by atoms with Crippen LogP contribution in [0.2, 0.25) is 0 Å². The summed E-state index contributed by atoms with van der Waals surface area (Å²) in [5, 5.41) is 4.06. The number of aryl methyl sites for hydroxylation is 1. The summed E-state index contributed by atoms with van der Waals surface area (Å²) < 4.78 is 51.3. The summed E-state index contributed by atoms with van der Waals surface area (Å²) in [6.45, 7) is 0.256. The van der Waals surface area contributed by atoms with Gasteiger partial charge in [0.25, 0.3) is 5.91 Å². The molecule has 2 atom stereocenters. The Morgan fingerprint density at radius 3 is 2.64 bits per heavy atom. The molecule has 3 heterocycles. The predicted molar refractivity (Wildman–Crippen MR) is 84.1 cm³/mol. The molecule has 0 bridgehead atoms. The van der Waals surface area contributed by atoms with Gasteiger partial charge in [-0.3, -0.25) is 18.7 Å². The fraction of sp³-hybridized carbons (Fsp3) is 0.400. The van der Waals surface area contributed by atoms with E-state index in [0.717, 1.165) is 23.9 Å². The average Bonchev–Trinajstić information content (AvgIpc) is 3.00. The lowest BCUT2D eigenvalue weighted by molar-refractivity contribution is -0.141. The van der Waals surface area contributed by atoms with Crippen molar-refractivity contribution in [1.29, 1.82) is 0 Å². The molecule has 1 amide bonds. The van der Waals surface area contributed by atoms with Crippen molar-refractivity contribution in [3.05, 3.63) is 47.5 Å². The number of carbonyl (C=O) groups excluding carboxylic acids is 1. The van der Waals surface area contributed by atoms with E-state index in [1.165, 1.54) is 4.90 Å². The quantitative estimate of drug-likeness (QED) is 0.806. The highest BCUT2D eigenvalue weighted by molar-refractivity contribution is 7.85. The Labute approximate surface area is 144 Å². The number of amides is 1. The Hall–Kier alpha value is -2.23. The molecule has 1 aliphatic rings.